The van der Waals surface area contributed by atoms with E-state index < -0.39 is 12.1 Å². The largest absolute Gasteiger partial charge is 0.462 e. The van der Waals surface area contributed by atoms with Crippen molar-refractivity contribution < 1.29 is 28.6 Å². The molecule has 0 rings (SSSR count). The van der Waals surface area contributed by atoms with Crippen LogP contribution >= 0.6 is 0 Å². The Morgan fingerprint density at radius 1 is 0.328 bits per heavy atom. The molecule has 67 heavy (non-hydrogen) atoms. The van der Waals surface area contributed by atoms with E-state index in [0.717, 1.165) is 83.5 Å². The first kappa shape index (κ1) is 63.6. The molecular formula is C61H104O6. The number of allylic oxidation sites excluding steroid dienone is 13. The van der Waals surface area contributed by atoms with Crippen LogP contribution in [0.3, 0.4) is 0 Å². The molecule has 1 unspecified atom stereocenters. The number of carbonyl (C=O) groups is 3. The smallest absolute Gasteiger partial charge is 0.310 e. The van der Waals surface area contributed by atoms with Gasteiger partial charge in [-0.25, -0.2) is 0 Å². The molecule has 6 heteroatoms. The highest BCUT2D eigenvalue weighted by Crippen LogP contribution is 2.15. The lowest BCUT2D eigenvalue weighted by Gasteiger charge is -2.18. The maximum Gasteiger partial charge on any atom is 0.310 e. The van der Waals surface area contributed by atoms with Gasteiger partial charge in [-0.15, -0.1) is 0 Å². The molecule has 0 aliphatic heterocycles. The van der Waals surface area contributed by atoms with Crippen molar-refractivity contribution in [2.45, 2.75) is 271 Å². The highest BCUT2D eigenvalue weighted by Gasteiger charge is 2.19. The zero-order valence-electron chi connectivity index (χ0n) is 43.9. The zero-order chi connectivity index (χ0) is 48.6. The van der Waals surface area contributed by atoms with Gasteiger partial charge >= 0.3 is 17.9 Å². The van der Waals surface area contributed by atoms with E-state index in [-0.39, 0.29) is 31.6 Å². The van der Waals surface area contributed by atoms with Gasteiger partial charge in [0.15, 0.2) is 6.10 Å². The minimum absolute atomic E-state index is 0.0950. The van der Waals surface area contributed by atoms with Crippen LogP contribution in [0.1, 0.15) is 265 Å². The Bertz CT molecular complexity index is 1300. The molecule has 0 saturated carbocycles. The minimum atomic E-state index is -0.834. The van der Waals surface area contributed by atoms with Gasteiger partial charge in [0.2, 0.25) is 0 Å². The molecule has 0 amide bonds. The third kappa shape index (κ3) is 53.4. The van der Waals surface area contributed by atoms with Crippen molar-refractivity contribution in [3.05, 3.63) is 85.1 Å². The third-order valence-corrected chi connectivity index (χ3v) is 11.9. The Morgan fingerprint density at radius 3 is 1.01 bits per heavy atom. The molecule has 0 fully saturated rings. The Hall–Kier alpha value is -3.41. The molecule has 6 nitrogen and oxygen atoms in total. The van der Waals surface area contributed by atoms with E-state index in [4.69, 9.17) is 14.2 Å². The summed E-state index contributed by atoms with van der Waals surface area (Å²) in [5.74, 6) is -1.06. The lowest BCUT2D eigenvalue weighted by molar-refractivity contribution is -0.166. The molecule has 1 atom stereocenters. The number of unbranched alkanes of at least 4 members (excludes halogenated alkanes) is 26. The Morgan fingerprint density at radius 2 is 0.642 bits per heavy atom. The Kier molecular flexibility index (Phi) is 52.4. The number of esters is 3. The Labute approximate surface area is 414 Å². The first-order valence-electron chi connectivity index (χ1n) is 28.1. The van der Waals surface area contributed by atoms with Crippen molar-refractivity contribution in [1.29, 1.82) is 0 Å². The number of hydrogen-bond acceptors (Lipinski definition) is 6. The van der Waals surface area contributed by atoms with Crippen LogP contribution in [0, 0.1) is 0 Å². The Balaban J connectivity index is 4.36. The topological polar surface area (TPSA) is 78.9 Å². The summed E-state index contributed by atoms with van der Waals surface area (Å²) in [6.07, 6.45) is 71.8. The quantitative estimate of drug-likeness (QED) is 0.0262. The van der Waals surface area contributed by atoms with Gasteiger partial charge in [0.1, 0.15) is 13.2 Å². The van der Waals surface area contributed by atoms with Crippen molar-refractivity contribution in [3.63, 3.8) is 0 Å². The number of ether oxygens (including phenoxy) is 3. The van der Waals surface area contributed by atoms with Crippen molar-refractivity contribution in [3.8, 4) is 0 Å². The molecular weight excluding hydrogens is 829 g/mol. The minimum Gasteiger partial charge on any atom is -0.462 e. The summed E-state index contributed by atoms with van der Waals surface area (Å²) < 4.78 is 16.7. The molecule has 0 spiro atoms. The zero-order valence-corrected chi connectivity index (χ0v) is 43.9. The summed E-state index contributed by atoms with van der Waals surface area (Å²) in [6.45, 7) is 6.40. The van der Waals surface area contributed by atoms with E-state index in [1.807, 2.05) is 6.08 Å². The number of carbonyl (C=O) groups excluding carboxylic acids is 3. The van der Waals surface area contributed by atoms with Crippen molar-refractivity contribution in [2.24, 2.45) is 0 Å². The standard InChI is InChI=1S/C61H104O6/c1-4-7-10-13-16-19-22-24-26-27-28-29-30-31-32-33-35-36-39-42-45-48-51-54-60(63)66-57-58(56-65-59(62)53-50-47-44-41-38-21-18-15-12-9-6-3)67-61(64)55-52-49-46-43-40-37-34-25-23-20-17-14-11-8-5-2/h8,11,15,17-18,20,25,27-28,34,40,43,49,52,58H,4-7,9-10,12-14,16,19,21-24,26,29-33,35-39,41-42,44-48,50-51,53-57H2,1-3H3/b11-8-,18-15-,20-17-,28-27-,34-25-,43-40-,52-49-. The fraction of sp³-hybridized carbons (Fsp3) is 0.721. The van der Waals surface area contributed by atoms with E-state index >= 15 is 0 Å². The van der Waals surface area contributed by atoms with E-state index in [9.17, 15) is 14.4 Å². The van der Waals surface area contributed by atoms with E-state index in [1.165, 1.54) is 141 Å². The third-order valence-electron chi connectivity index (χ3n) is 11.9. The predicted octanol–water partition coefficient (Wildman–Crippen LogP) is 18.8. The van der Waals surface area contributed by atoms with Gasteiger partial charge in [-0.2, -0.15) is 0 Å². The molecule has 0 N–H and O–H groups in total. The van der Waals surface area contributed by atoms with Crippen LogP contribution < -0.4 is 0 Å². The molecule has 0 aliphatic carbocycles. The maximum absolute atomic E-state index is 12.7. The van der Waals surface area contributed by atoms with Gasteiger partial charge in [0.25, 0.3) is 0 Å². The van der Waals surface area contributed by atoms with Gasteiger partial charge in [-0.1, -0.05) is 241 Å². The molecule has 0 aromatic rings. The van der Waals surface area contributed by atoms with Gasteiger partial charge in [0.05, 0.1) is 6.42 Å². The predicted molar refractivity (Wildman–Crippen MR) is 288 cm³/mol. The van der Waals surface area contributed by atoms with Gasteiger partial charge in [0, 0.05) is 12.8 Å². The molecule has 0 saturated heterocycles. The second kappa shape index (κ2) is 55.2. The molecule has 0 aliphatic rings. The first-order valence-corrected chi connectivity index (χ1v) is 28.1. The molecule has 0 radical (unpaired) electrons. The van der Waals surface area contributed by atoms with Crippen LogP contribution in [0.15, 0.2) is 85.1 Å². The van der Waals surface area contributed by atoms with Crippen LogP contribution in [0.4, 0.5) is 0 Å². The fourth-order valence-electron chi connectivity index (χ4n) is 7.67. The summed E-state index contributed by atoms with van der Waals surface area (Å²) in [6, 6.07) is 0. The monoisotopic (exact) mass is 933 g/mol. The summed E-state index contributed by atoms with van der Waals surface area (Å²) in [5, 5.41) is 0. The fourth-order valence-corrected chi connectivity index (χ4v) is 7.67. The first-order chi connectivity index (χ1) is 33.0. The second-order valence-corrected chi connectivity index (χ2v) is 18.5. The van der Waals surface area contributed by atoms with Gasteiger partial charge < -0.3 is 14.2 Å². The van der Waals surface area contributed by atoms with Crippen molar-refractivity contribution in [1.82, 2.24) is 0 Å². The van der Waals surface area contributed by atoms with Gasteiger partial charge in [-0.05, 0) is 89.9 Å². The average molecular weight is 933 g/mol. The van der Waals surface area contributed by atoms with E-state index in [2.05, 4.69) is 93.7 Å². The van der Waals surface area contributed by atoms with Crippen molar-refractivity contribution >= 4 is 17.9 Å². The molecule has 0 bridgehead atoms. The molecule has 0 heterocycles. The summed E-state index contributed by atoms with van der Waals surface area (Å²) in [4.78, 5) is 38.0. The number of rotatable bonds is 50. The SMILES string of the molecule is CC/C=C\C/C=C\C/C=C\C/C=C\C/C=C\CC(=O)OC(COC(=O)CCCCCCC/C=C\CCCC)COC(=O)CCCCCCCCCCCCC/C=C\CCCCCCCCCC. The lowest BCUT2D eigenvalue weighted by atomic mass is 10.0. The maximum atomic E-state index is 12.7. The highest BCUT2D eigenvalue weighted by atomic mass is 16.6. The molecule has 0 aromatic heterocycles. The van der Waals surface area contributed by atoms with Crippen molar-refractivity contribution in [2.75, 3.05) is 13.2 Å². The summed E-state index contributed by atoms with van der Waals surface area (Å²) >= 11 is 0. The lowest BCUT2D eigenvalue weighted by Crippen LogP contribution is -2.30. The van der Waals surface area contributed by atoms with Crippen LogP contribution in [-0.4, -0.2) is 37.2 Å². The van der Waals surface area contributed by atoms with Gasteiger partial charge in [-0.3, -0.25) is 14.4 Å². The normalized spacial score (nSPS) is 12.7. The van der Waals surface area contributed by atoms with Crippen LogP contribution in [0.2, 0.25) is 0 Å². The van der Waals surface area contributed by atoms with E-state index in [1.54, 1.807) is 6.08 Å². The summed E-state index contributed by atoms with van der Waals surface area (Å²) in [5.41, 5.74) is 0. The van der Waals surface area contributed by atoms with Crippen LogP contribution in [0.5, 0.6) is 0 Å². The second-order valence-electron chi connectivity index (χ2n) is 18.5. The van der Waals surface area contributed by atoms with Crippen LogP contribution in [-0.2, 0) is 28.6 Å². The molecule has 0 aromatic carbocycles. The number of hydrogen-bond donors (Lipinski definition) is 0. The van der Waals surface area contributed by atoms with E-state index in [0.29, 0.717) is 12.8 Å². The van der Waals surface area contributed by atoms with Crippen LogP contribution in [0.25, 0.3) is 0 Å². The highest BCUT2D eigenvalue weighted by molar-refractivity contribution is 5.72. The molecule has 384 valence electrons. The summed E-state index contributed by atoms with van der Waals surface area (Å²) in [7, 11) is 0. The average Bonchev–Trinajstić information content (AvgIpc) is 3.33.